The monoisotopic (exact) mass is 337 g/mol. The lowest BCUT2D eigenvalue weighted by Crippen LogP contribution is -2.52. The number of nitriles is 1. The van der Waals surface area contributed by atoms with Crippen LogP contribution in [0.1, 0.15) is 11.1 Å². The lowest BCUT2D eigenvalue weighted by molar-refractivity contribution is -0.385. The molecular weight excluding hydrogens is 318 g/mol. The number of pyridine rings is 1. The van der Waals surface area contributed by atoms with Crippen LogP contribution < -0.4 is 4.90 Å². The fourth-order valence-electron chi connectivity index (χ4n) is 3.13. The first kappa shape index (κ1) is 16.9. The maximum Gasteiger partial charge on any atom is 0.287 e. The predicted octanol–water partition coefficient (Wildman–Crippen LogP) is 2.51. The van der Waals surface area contributed by atoms with Gasteiger partial charge in [-0.05, 0) is 18.1 Å². The molecular formula is C18H19N5O2. The first-order valence-corrected chi connectivity index (χ1v) is 8.12. The topological polar surface area (TPSA) is 86.3 Å². The van der Waals surface area contributed by atoms with Gasteiger partial charge < -0.3 is 4.90 Å². The van der Waals surface area contributed by atoms with Crippen LogP contribution in [-0.4, -0.2) is 40.5 Å². The van der Waals surface area contributed by atoms with E-state index >= 15 is 0 Å². The molecule has 1 unspecified atom stereocenters. The summed E-state index contributed by atoms with van der Waals surface area (Å²) in [5, 5.41) is 20.4. The van der Waals surface area contributed by atoms with E-state index in [2.05, 4.69) is 28.1 Å². The summed E-state index contributed by atoms with van der Waals surface area (Å²) in [5.74, 6) is 0.713. The lowest BCUT2D eigenvalue weighted by atomic mass is 10.1. The number of nitro groups is 1. The van der Waals surface area contributed by atoms with Crippen molar-refractivity contribution in [3.05, 3.63) is 63.8 Å². The first-order valence-electron chi connectivity index (χ1n) is 8.12. The maximum absolute atomic E-state index is 10.9. The molecule has 0 radical (unpaired) electrons. The molecule has 0 N–H and O–H groups in total. The van der Waals surface area contributed by atoms with Gasteiger partial charge in [0, 0.05) is 32.2 Å². The minimum atomic E-state index is -0.445. The molecule has 1 fully saturated rings. The Kier molecular flexibility index (Phi) is 4.91. The van der Waals surface area contributed by atoms with Gasteiger partial charge in [0.15, 0.2) is 0 Å². The molecule has 7 nitrogen and oxygen atoms in total. The molecule has 2 heterocycles. The van der Waals surface area contributed by atoms with Crippen molar-refractivity contribution < 1.29 is 4.92 Å². The van der Waals surface area contributed by atoms with Crippen molar-refractivity contribution in [2.45, 2.75) is 19.5 Å². The molecule has 128 valence electrons. The fraction of sp³-hybridized carbons (Fsp3) is 0.333. The molecule has 0 spiro atoms. The number of nitrogens with zero attached hydrogens (tertiary/aromatic N) is 5. The third kappa shape index (κ3) is 3.75. The quantitative estimate of drug-likeness (QED) is 0.629. The summed E-state index contributed by atoms with van der Waals surface area (Å²) < 4.78 is 0. The van der Waals surface area contributed by atoms with Crippen molar-refractivity contribution in [3.8, 4) is 6.07 Å². The summed E-state index contributed by atoms with van der Waals surface area (Å²) >= 11 is 0. The second-order valence-corrected chi connectivity index (χ2v) is 6.14. The van der Waals surface area contributed by atoms with Gasteiger partial charge in [-0.2, -0.15) is 5.26 Å². The normalized spacial score (nSPS) is 17.9. The predicted molar refractivity (Wildman–Crippen MR) is 94.1 cm³/mol. The molecule has 1 atom stereocenters. The third-order valence-corrected chi connectivity index (χ3v) is 4.42. The fourth-order valence-corrected chi connectivity index (χ4v) is 3.13. The van der Waals surface area contributed by atoms with E-state index in [-0.39, 0.29) is 11.7 Å². The zero-order valence-electron chi connectivity index (χ0n) is 14.0. The maximum atomic E-state index is 10.9. The van der Waals surface area contributed by atoms with E-state index in [1.165, 1.54) is 17.8 Å². The van der Waals surface area contributed by atoms with Crippen LogP contribution in [0.3, 0.4) is 0 Å². The second-order valence-electron chi connectivity index (χ2n) is 6.14. The summed E-state index contributed by atoms with van der Waals surface area (Å²) in [7, 11) is 0. The van der Waals surface area contributed by atoms with Gasteiger partial charge in [-0.3, -0.25) is 15.0 Å². The summed E-state index contributed by atoms with van der Waals surface area (Å²) in [6.07, 6.45) is 1.28. The van der Waals surface area contributed by atoms with Gasteiger partial charge in [0.2, 0.25) is 0 Å². The van der Waals surface area contributed by atoms with Crippen LogP contribution in [0.2, 0.25) is 0 Å². The molecule has 3 rings (SSSR count). The van der Waals surface area contributed by atoms with Crippen LogP contribution in [0.15, 0.2) is 42.6 Å². The summed E-state index contributed by atoms with van der Waals surface area (Å²) in [5.41, 5.74) is 1.92. The molecule has 1 aliphatic rings. The SMILES string of the molecule is Cc1cc([N+](=O)[O-])cnc1N1CCN(Cc2ccccc2)C(C#N)C1. The Morgan fingerprint density at radius 2 is 2.12 bits per heavy atom. The molecule has 0 aliphatic carbocycles. The molecule has 0 bridgehead atoms. The van der Waals surface area contributed by atoms with Gasteiger partial charge in [-0.25, -0.2) is 4.98 Å². The number of hydrogen-bond acceptors (Lipinski definition) is 6. The average Bonchev–Trinajstić information content (AvgIpc) is 2.63. The lowest BCUT2D eigenvalue weighted by Gasteiger charge is -2.39. The van der Waals surface area contributed by atoms with Crippen molar-refractivity contribution in [1.82, 2.24) is 9.88 Å². The Hall–Kier alpha value is -2.98. The van der Waals surface area contributed by atoms with E-state index in [1.54, 1.807) is 0 Å². The summed E-state index contributed by atoms with van der Waals surface area (Å²) in [6, 6.07) is 13.7. The van der Waals surface area contributed by atoms with Crippen LogP contribution in [0, 0.1) is 28.4 Å². The van der Waals surface area contributed by atoms with Gasteiger partial charge in [-0.1, -0.05) is 30.3 Å². The third-order valence-electron chi connectivity index (χ3n) is 4.42. The molecule has 1 aromatic carbocycles. The number of piperazine rings is 1. The van der Waals surface area contributed by atoms with Crippen LogP contribution in [-0.2, 0) is 6.54 Å². The Bertz CT molecular complexity index is 803. The average molecular weight is 337 g/mol. The standard InChI is InChI=1S/C18H19N5O2/c1-14-9-16(23(24)25)11-20-18(14)22-8-7-21(17(10-19)13-22)12-15-5-3-2-4-6-15/h2-6,9,11,17H,7-8,12-13H2,1H3. The van der Waals surface area contributed by atoms with Crippen LogP contribution in [0.25, 0.3) is 0 Å². The van der Waals surface area contributed by atoms with Crippen LogP contribution >= 0.6 is 0 Å². The molecule has 0 amide bonds. The number of aryl methyl sites for hydroxylation is 1. The molecule has 25 heavy (non-hydrogen) atoms. The van der Waals surface area contributed by atoms with E-state index in [0.717, 1.165) is 25.2 Å². The van der Waals surface area contributed by atoms with Gasteiger partial charge in [-0.15, -0.1) is 0 Å². The number of hydrogen-bond donors (Lipinski definition) is 0. The van der Waals surface area contributed by atoms with Gasteiger partial charge >= 0.3 is 0 Å². The number of anilines is 1. The Morgan fingerprint density at radius 1 is 1.36 bits per heavy atom. The molecule has 1 saturated heterocycles. The molecule has 1 aromatic heterocycles. The molecule has 1 aliphatic heterocycles. The van der Waals surface area contributed by atoms with Gasteiger partial charge in [0.25, 0.3) is 5.69 Å². The van der Waals surface area contributed by atoms with Gasteiger partial charge in [0.1, 0.15) is 18.1 Å². The van der Waals surface area contributed by atoms with Crippen LogP contribution in [0.5, 0.6) is 0 Å². The van der Waals surface area contributed by atoms with Crippen molar-refractivity contribution >= 4 is 11.5 Å². The first-order chi connectivity index (χ1) is 12.1. The number of rotatable bonds is 4. The van der Waals surface area contributed by atoms with Crippen molar-refractivity contribution in [2.24, 2.45) is 0 Å². The Balaban J connectivity index is 1.73. The van der Waals surface area contributed by atoms with Crippen molar-refractivity contribution in [2.75, 3.05) is 24.5 Å². The summed E-state index contributed by atoms with van der Waals surface area (Å²) in [6.45, 7) is 4.56. The highest BCUT2D eigenvalue weighted by Gasteiger charge is 2.28. The smallest absolute Gasteiger partial charge is 0.287 e. The Morgan fingerprint density at radius 3 is 2.76 bits per heavy atom. The van der Waals surface area contributed by atoms with E-state index in [1.807, 2.05) is 30.0 Å². The number of aromatic nitrogens is 1. The van der Waals surface area contributed by atoms with Crippen LogP contribution in [0.4, 0.5) is 11.5 Å². The molecule has 2 aromatic rings. The zero-order valence-corrected chi connectivity index (χ0v) is 14.0. The van der Waals surface area contributed by atoms with Crippen molar-refractivity contribution in [3.63, 3.8) is 0 Å². The van der Waals surface area contributed by atoms with Crippen molar-refractivity contribution in [1.29, 1.82) is 5.26 Å². The largest absolute Gasteiger partial charge is 0.352 e. The van der Waals surface area contributed by atoms with Gasteiger partial charge in [0.05, 0.1) is 11.0 Å². The van der Waals surface area contributed by atoms with E-state index < -0.39 is 4.92 Å². The highest BCUT2D eigenvalue weighted by molar-refractivity contribution is 5.51. The molecule has 0 saturated carbocycles. The second kappa shape index (κ2) is 7.28. The highest BCUT2D eigenvalue weighted by Crippen LogP contribution is 2.24. The van der Waals surface area contributed by atoms with E-state index in [9.17, 15) is 15.4 Å². The minimum absolute atomic E-state index is 0.0132. The van der Waals surface area contributed by atoms with E-state index in [0.29, 0.717) is 12.4 Å². The summed E-state index contributed by atoms with van der Waals surface area (Å²) in [4.78, 5) is 18.9. The molecule has 7 heteroatoms. The highest BCUT2D eigenvalue weighted by atomic mass is 16.6. The minimum Gasteiger partial charge on any atom is -0.352 e. The Labute approximate surface area is 146 Å². The zero-order chi connectivity index (χ0) is 17.8. The van der Waals surface area contributed by atoms with E-state index in [4.69, 9.17) is 0 Å². The number of benzene rings is 1.